The van der Waals surface area contributed by atoms with Crippen molar-refractivity contribution in [2.24, 2.45) is 4.99 Å². The van der Waals surface area contributed by atoms with Crippen LogP contribution in [0.5, 0.6) is 11.5 Å². The van der Waals surface area contributed by atoms with Crippen LogP contribution in [0.3, 0.4) is 0 Å². The molecule has 1 aliphatic carbocycles. The molecule has 0 bridgehead atoms. The number of amides is 1. The molecular weight excluding hydrogens is 432 g/mol. The summed E-state index contributed by atoms with van der Waals surface area (Å²) in [5.74, 6) is 0.379. The maximum Gasteiger partial charge on any atom is 0.259 e. The molecule has 0 unspecified atom stereocenters. The molecule has 3 aromatic rings. The number of nitrogens with one attached hydrogen (secondary N) is 1. The molecule has 2 N–H and O–H groups in total. The van der Waals surface area contributed by atoms with Gasteiger partial charge in [-0.1, -0.05) is 25.0 Å². The predicted octanol–water partition coefficient (Wildman–Crippen LogP) is 6.74. The summed E-state index contributed by atoms with van der Waals surface area (Å²) in [4.78, 5) is 19.6. The zero-order chi connectivity index (χ0) is 23.4. The average molecular weight is 463 g/mol. The first-order valence-electron chi connectivity index (χ1n) is 11.4. The molecule has 1 heterocycles. The molecule has 5 nitrogen and oxygen atoms in total. The van der Waals surface area contributed by atoms with E-state index in [1.54, 1.807) is 35.8 Å². The summed E-state index contributed by atoms with van der Waals surface area (Å²) in [5, 5.41) is 13.7. The van der Waals surface area contributed by atoms with E-state index in [0.29, 0.717) is 11.3 Å². The summed E-state index contributed by atoms with van der Waals surface area (Å²) < 4.78 is 5.21. The summed E-state index contributed by atoms with van der Waals surface area (Å²) in [6, 6.07) is 11.2. The summed E-state index contributed by atoms with van der Waals surface area (Å²) in [7, 11) is 1.52. The zero-order valence-corrected chi connectivity index (χ0v) is 20.2. The van der Waals surface area contributed by atoms with Crippen LogP contribution in [0, 0.1) is 13.8 Å². The van der Waals surface area contributed by atoms with Crippen molar-refractivity contribution in [1.82, 2.24) is 0 Å². The Bertz CT molecular complexity index is 1200. The Morgan fingerprint density at radius 1 is 1.09 bits per heavy atom. The number of carbonyl (C=O) groups excluding carboxylic acids is 1. The Labute approximate surface area is 199 Å². The van der Waals surface area contributed by atoms with Gasteiger partial charge in [-0.25, -0.2) is 4.99 Å². The lowest BCUT2D eigenvalue weighted by Gasteiger charge is -2.13. The molecule has 0 saturated heterocycles. The van der Waals surface area contributed by atoms with Crippen molar-refractivity contribution in [2.75, 3.05) is 12.4 Å². The Morgan fingerprint density at radius 2 is 1.88 bits per heavy atom. The highest BCUT2D eigenvalue weighted by atomic mass is 32.1. The van der Waals surface area contributed by atoms with Crippen molar-refractivity contribution in [2.45, 2.75) is 52.4 Å². The van der Waals surface area contributed by atoms with Gasteiger partial charge in [-0.15, -0.1) is 11.3 Å². The number of phenols is 1. The van der Waals surface area contributed by atoms with Gasteiger partial charge >= 0.3 is 0 Å². The van der Waals surface area contributed by atoms with Gasteiger partial charge in [0.1, 0.15) is 5.00 Å². The standard InChI is InChI=1S/C27H30N2O3S/c1-17-10-11-18(2)21(14-17)29-26(31)25-20-8-6-4-5-7-9-24(20)33-27(25)28-16-19-12-13-22(30)23(15-19)32-3/h10-16,30H,4-9H2,1-3H3,(H,29,31). The van der Waals surface area contributed by atoms with E-state index in [1.807, 2.05) is 32.0 Å². The van der Waals surface area contributed by atoms with Gasteiger partial charge in [-0.3, -0.25) is 4.79 Å². The van der Waals surface area contributed by atoms with Crippen molar-refractivity contribution in [3.8, 4) is 11.5 Å². The molecule has 4 rings (SSSR count). The van der Waals surface area contributed by atoms with E-state index in [0.717, 1.165) is 58.6 Å². The van der Waals surface area contributed by atoms with Gasteiger partial charge in [0.2, 0.25) is 0 Å². The maximum atomic E-state index is 13.6. The van der Waals surface area contributed by atoms with Crippen LogP contribution in [0.1, 0.15) is 63.2 Å². The second-order valence-corrected chi connectivity index (χ2v) is 9.64. The maximum absolute atomic E-state index is 13.6. The Balaban J connectivity index is 1.72. The molecule has 0 atom stereocenters. The van der Waals surface area contributed by atoms with E-state index in [4.69, 9.17) is 9.73 Å². The number of nitrogens with zero attached hydrogens (tertiary/aromatic N) is 1. The lowest BCUT2D eigenvalue weighted by molar-refractivity contribution is 0.102. The first-order valence-corrected chi connectivity index (χ1v) is 12.2. The number of hydrogen-bond donors (Lipinski definition) is 2. The quantitative estimate of drug-likeness (QED) is 0.412. The number of rotatable bonds is 5. The fraction of sp³-hybridized carbons (Fsp3) is 0.333. The number of carbonyl (C=O) groups is 1. The summed E-state index contributed by atoms with van der Waals surface area (Å²) >= 11 is 1.62. The highest BCUT2D eigenvalue weighted by molar-refractivity contribution is 7.16. The molecule has 0 radical (unpaired) electrons. The van der Waals surface area contributed by atoms with E-state index in [-0.39, 0.29) is 11.7 Å². The number of phenolic OH excluding ortho intramolecular Hbond substituents is 1. The Morgan fingerprint density at radius 3 is 2.67 bits per heavy atom. The zero-order valence-electron chi connectivity index (χ0n) is 19.4. The largest absolute Gasteiger partial charge is 0.504 e. The van der Waals surface area contributed by atoms with Crippen molar-refractivity contribution >= 4 is 34.1 Å². The molecular formula is C27H30N2O3S. The van der Waals surface area contributed by atoms with Crippen LogP contribution in [0.25, 0.3) is 0 Å². The van der Waals surface area contributed by atoms with Gasteiger partial charge in [-0.05, 0) is 86.1 Å². The third-order valence-electron chi connectivity index (χ3n) is 6.06. The van der Waals surface area contributed by atoms with Gasteiger partial charge < -0.3 is 15.2 Å². The number of aliphatic imine (C=N–C) groups is 1. The third-order valence-corrected chi connectivity index (χ3v) is 7.26. The predicted molar refractivity (Wildman–Crippen MR) is 136 cm³/mol. The van der Waals surface area contributed by atoms with E-state index in [1.165, 1.54) is 24.8 Å². The number of aromatic hydroxyl groups is 1. The van der Waals surface area contributed by atoms with Gasteiger partial charge in [0.25, 0.3) is 5.91 Å². The molecule has 6 heteroatoms. The van der Waals surface area contributed by atoms with Gasteiger partial charge in [0.05, 0.1) is 12.7 Å². The second kappa shape index (κ2) is 10.2. The van der Waals surface area contributed by atoms with Crippen molar-refractivity contribution in [3.05, 3.63) is 69.1 Å². The first-order chi connectivity index (χ1) is 16.0. The normalized spacial score (nSPS) is 13.9. The smallest absolute Gasteiger partial charge is 0.259 e. The number of aryl methyl sites for hydroxylation is 3. The van der Waals surface area contributed by atoms with Crippen LogP contribution in [0.4, 0.5) is 10.7 Å². The number of fused-ring (bicyclic) bond motifs is 1. The van der Waals surface area contributed by atoms with Gasteiger partial charge in [0.15, 0.2) is 11.5 Å². The number of hydrogen-bond acceptors (Lipinski definition) is 5. The molecule has 33 heavy (non-hydrogen) atoms. The van der Waals surface area contributed by atoms with Crippen molar-refractivity contribution in [1.29, 1.82) is 0 Å². The number of anilines is 1. The minimum absolute atomic E-state index is 0.0855. The number of methoxy groups -OCH3 is 1. The molecule has 1 amide bonds. The molecule has 0 spiro atoms. The third kappa shape index (κ3) is 5.28. The SMILES string of the molecule is COc1cc(C=Nc2sc3c(c2C(=O)Nc2cc(C)ccc2C)CCCCCC3)ccc1O. The highest BCUT2D eigenvalue weighted by Gasteiger charge is 2.24. The number of thiophene rings is 1. The Hall–Kier alpha value is -3.12. The minimum atomic E-state index is -0.0998. The van der Waals surface area contributed by atoms with E-state index in [2.05, 4.69) is 5.32 Å². The van der Waals surface area contributed by atoms with E-state index < -0.39 is 0 Å². The van der Waals surface area contributed by atoms with Crippen molar-refractivity contribution < 1.29 is 14.6 Å². The van der Waals surface area contributed by atoms with Gasteiger partial charge in [-0.2, -0.15) is 0 Å². The molecule has 1 aliphatic rings. The average Bonchev–Trinajstić information content (AvgIpc) is 3.12. The van der Waals surface area contributed by atoms with Crippen LogP contribution >= 0.6 is 11.3 Å². The van der Waals surface area contributed by atoms with E-state index in [9.17, 15) is 9.90 Å². The molecule has 1 aromatic heterocycles. The molecule has 0 saturated carbocycles. The lowest BCUT2D eigenvalue weighted by Crippen LogP contribution is -2.15. The van der Waals surface area contributed by atoms with E-state index >= 15 is 0 Å². The summed E-state index contributed by atoms with van der Waals surface area (Å²) in [5.41, 5.74) is 5.62. The van der Waals surface area contributed by atoms with Crippen LogP contribution in [-0.2, 0) is 12.8 Å². The first kappa shape index (κ1) is 23.1. The monoisotopic (exact) mass is 462 g/mol. The fourth-order valence-electron chi connectivity index (χ4n) is 4.19. The molecule has 172 valence electrons. The van der Waals surface area contributed by atoms with Gasteiger partial charge in [0, 0.05) is 16.8 Å². The molecule has 2 aromatic carbocycles. The van der Waals surface area contributed by atoms with Crippen LogP contribution < -0.4 is 10.1 Å². The molecule has 0 aliphatic heterocycles. The van der Waals surface area contributed by atoms with Crippen LogP contribution in [0.15, 0.2) is 41.4 Å². The highest BCUT2D eigenvalue weighted by Crippen LogP contribution is 2.39. The van der Waals surface area contributed by atoms with Crippen LogP contribution in [0.2, 0.25) is 0 Å². The fourth-order valence-corrected chi connectivity index (χ4v) is 5.42. The topological polar surface area (TPSA) is 70.9 Å². The number of benzene rings is 2. The summed E-state index contributed by atoms with van der Waals surface area (Å²) in [6.45, 7) is 4.03. The Kier molecular flexibility index (Phi) is 7.14. The second-order valence-electron chi connectivity index (χ2n) is 8.56. The number of ether oxygens (including phenoxy) is 1. The van der Waals surface area contributed by atoms with Crippen molar-refractivity contribution in [3.63, 3.8) is 0 Å². The van der Waals surface area contributed by atoms with Crippen LogP contribution in [-0.4, -0.2) is 24.3 Å². The molecule has 0 fully saturated rings. The summed E-state index contributed by atoms with van der Waals surface area (Å²) in [6.07, 6.45) is 8.29. The minimum Gasteiger partial charge on any atom is -0.504 e. The lowest BCUT2D eigenvalue weighted by atomic mass is 9.96.